The zero-order valence-electron chi connectivity index (χ0n) is 10.5. The van der Waals surface area contributed by atoms with Gasteiger partial charge in [-0.1, -0.05) is 12.3 Å². The summed E-state index contributed by atoms with van der Waals surface area (Å²) in [6.45, 7) is 3.85. The van der Waals surface area contributed by atoms with Gasteiger partial charge >= 0.3 is 5.97 Å². The molecule has 0 aromatic rings. The van der Waals surface area contributed by atoms with Crippen LogP contribution in [0.2, 0.25) is 0 Å². The molecule has 96 valence electrons. The van der Waals surface area contributed by atoms with E-state index in [0.717, 1.165) is 19.3 Å². The molecule has 0 heterocycles. The maximum Gasteiger partial charge on any atom is 0.322 e. The van der Waals surface area contributed by atoms with Crippen molar-refractivity contribution in [3.63, 3.8) is 0 Å². The van der Waals surface area contributed by atoms with Crippen molar-refractivity contribution in [3.8, 4) is 12.3 Å². The van der Waals surface area contributed by atoms with Gasteiger partial charge in [0.25, 0.3) is 0 Å². The van der Waals surface area contributed by atoms with E-state index in [4.69, 9.17) is 11.2 Å². The number of aliphatic hydroxyl groups is 1. The van der Waals surface area contributed by atoms with Gasteiger partial charge in [-0.15, -0.1) is 6.42 Å². The van der Waals surface area contributed by atoms with Crippen LogP contribution in [0.3, 0.4) is 0 Å². The van der Waals surface area contributed by atoms with Gasteiger partial charge in [-0.2, -0.15) is 0 Å². The molecule has 3 atom stereocenters. The molecule has 0 radical (unpaired) electrons. The summed E-state index contributed by atoms with van der Waals surface area (Å²) in [6, 6.07) is -0.682. The zero-order valence-corrected chi connectivity index (χ0v) is 10.5. The Morgan fingerprint density at radius 3 is 3.00 bits per heavy atom. The van der Waals surface area contributed by atoms with Crippen LogP contribution in [0.5, 0.6) is 0 Å². The second-order valence-electron chi connectivity index (χ2n) is 4.51. The first kappa shape index (κ1) is 14.0. The van der Waals surface area contributed by atoms with Crippen molar-refractivity contribution in [1.82, 2.24) is 5.32 Å². The van der Waals surface area contributed by atoms with Gasteiger partial charge in [0, 0.05) is 6.04 Å². The van der Waals surface area contributed by atoms with E-state index in [-0.39, 0.29) is 12.0 Å². The molecule has 0 aromatic heterocycles. The first-order chi connectivity index (χ1) is 8.03. The van der Waals surface area contributed by atoms with Gasteiger partial charge in [0.15, 0.2) is 0 Å². The third-order valence-electron chi connectivity index (χ3n) is 3.22. The molecule has 2 N–H and O–H groups in total. The first-order valence-electron chi connectivity index (χ1n) is 6.16. The molecular weight excluding hydrogens is 218 g/mol. The molecule has 0 spiro atoms. The summed E-state index contributed by atoms with van der Waals surface area (Å²) in [5.41, 5.74) is -1.14. The lowest BCUT2D eigenvalue weighted by atomic mass is 9.80. The van der Waals surface area contributed by atoms with Crippen molar-refractivity contribution in [2.75, 3.05) is 6.61 Å². The fourth-order valence-electron chi connectivity index (χ4n) is 2.19. The Morgan fingerprint density at radius 2 is 2.41 bits per heavy atom. The van der Waals surface area contributed by atoms with Crippen LogP contribution in [0, 0.1) is 12.3 Å². The van der Waals surface area contributed by atoms with E-state index >= 15 is 0 Å². The summed E-state index contributed by atoms with van der Waals surface area (Å²) in [5.74, 6) is 2.14. The molecule has 0 bridgehead atoms. The lowest BCUT2D eigenvalue weighted by molar-refractivity contribution is -0.145. The lowest BCUT2D eigenvalue weighted by Crippen LogP contribution is -2.56. The molecule has 1 rings (SSSR count). The van der Waals surface area contributed by atoms with E-state index in [1.165, 1.54) is 0 Å². The number of hydrogen-bond acceptors (Lipinski definition) is 4. The maximum absolute atomic E-state index is 11.5. The van der Waals surface area contributed by atoms with Gasteiger partial charge in [-0.05, 0) is 33.1 Å². The molecule has 1 unspecified atom stereocenters. The Hall–Kier alpha value is -1.05. The second kappa shape index (κ2) is 6.04. The molecule has 4 heteroatoms. The van der Waals surface area contributed by atoms with E-state index in [0.29, 0.717) is 13.0 Å². The highest BCUT2D eigenvalue weighted by atomic mass is 16.5. The summed E-state index contributed by atoms with van der Waals surface area (Å²) in [7, 11) is 0. The van der Waals surface area contributed by atoms with Crippen LogP contribution in [0.25, 0.3) is 0 Å². The SMILES string of the molecule is C#C[C@]1(O)CCCC[C@@H]1NC(C)C(=O)OCC. The van der Waals surface area contributed by atoms with Crippen LogP contribution in [0.1, 0.15) is 39.5 Å². The molecule has 0 saturated heterocycles. The van der Waals surface area contributed by atoms with Crippen molar-refractivity contribution in [2.24, 2.45) is 0 Å². The first-order valence-corrected chi connectivity index (χ1v) is 6.16. The normalized spacial score (nSPS) is 30.4. The molecule has 0 aromatic carbocycles. The fraction of sp³-hybridized carbons (Fsp3) is 0.769. The average Bonchev–Trinajstić information content (AvgIpc) is 2.32. The summed E-state index contributed by atoms with van der Waals surface area (Å²) < 4.78 is 4.91. The standard InChI is InChI=1S/C13H21NO3/c1-4-13(16)9-7-6-8-11(13)14-10(3)12(15)17-5-2/h1,10-11,14,16H,5-9H2,2-3H3/t10?,11-,13-/m0/s1. The van der Waals surface area contributed by atoms with Gasteiger partial charge in [0.1, 0.15) is 11.6 Å². The second-order valence-corrected chi connectivity index (χ2v) is 4.51. The number of nitrogens with one attached hydrogen (secondary N) is 1. The number of rotatable bonds is 4. The molecule has 4 nitrogen and oxygen atoms in total. The molecular formula is C13H21NO3. The molecule has 1 saturated carbocycles. The summed E-state index contributed by atoms with van der Waals surface area (Å²) in [4.78, 5) is 11.5. The Bertz CT molecular complexity index is 310. The van der Waals surface area contributed by atoms with Gasteiger partial charge in [-0.25, -0.2) is 0 Å². The predicted octanol–water partition coefficient (Wildman–Crippen LogP) is 0.834. The quantitative estimate of drug-likeness (QED) is 0.563. The number of terminal acetylenes is 1. The minimum atomic E-state index is -1.14. The van der Waals surface area contributed by atoms with Gasteiger partial charge in [0.2, 0.25) is 0 Å². The van der Waals surface area contributed by atoms with Crippen LogP contribution in [-0.2, 0) is 9.53 Å². The zero-order chi connectivity index (χ0) is 12.9. The average molecular weight is 239 g/mol. The largest absolute Gasteiger partial charge is 0.465 e. The monoisotopic (exact) mass is 239 g/mol. The van der Waals surface area contributed by atoms with Crippen molar-refractivity contribution in [1.29, 1.82) is 0 Å². The molecule has 0 amide bonds. The minimum absolute atomic E-state index is 0.236. The van der Waals surface area contributed by atoms with Crippen LogP contribution in [0.15, 0.2) is 0 Å². The summed E-state index contributed by atoms with van der Waals surface area (Å²) in [5, 5.41) is 13.3. The van der Waals surface area contributed by atoms with Crippen LogP contribution in [-0.4, -0.2) is 35.4 Å². The van der Waals surface area contributed by atoms with Crippen LogP contribution < -0.4 is 5.32 Å². The van der Waals surface area contributed by atoms with Gasteiger partial charge in [0.05, 0.1) is 6.61 Å². The number of carbonyl (C=O) groups excluding carboxylic acids is 1. The van der Waals surface area contributed by atoms with Gasteiger partial charge in [-0.3, -0.25) is 10.1 Å². The molecule has 17 heavy (non-hydrogen) atoms. The van der Waals surface area contributed by atoms with E-state index in [2.05, 4.69) is 11.2 Å². The molecule has 1 aliphatic rings. The van der Waals surface area contributed by atoms with E-state index < -0.39 is 11.6 Å². The smallest absolute Gasteiger partial charge is 0.322 e. The minimum Gasteiger partial charge on any atom is -0.465 e. The molecule has 0 aliphatic heterocycles. The Kier molecular flexibility index (Phi) is 4.98. The topological polar surface area (TPSA) is 58.6 Å². The summed E-state index contributed by atoms with van der Waals surface area (Å²) >= 11 is 0. The number of hydrogen-bond donors (Lipinski definition) is 2. The third kappa shape index (κ3) is 3.45. The highest BCUT2D eigenvalue weighted by Gasteiger charge is 2.38. The van der Waals surface area contributed by atoms with E-state index in [1.54, 1.807) is 13.8 Å². The Balaban J connectivity index is 2.60. The number of carbonyl (C=O) groups is 1. The molecule has 1 fully saturated rings. The van der Waals surface area contributed by atoms with Crippen LogP contribution in [0.4, 0.5) is 0 Å². The molecule has 1 aliphatic carbocycles. The third-order valence-corrected chi connectivity index (χ3v) is 3.22. The Morgan fingerprint density at radius 1 is 1.71 bits per heavy atom. The van der Waals surface area contributed by atoms with E-state index in [1.807, 2.05) is 0 Å². The lowest BCUT2D eigenvalue weighted by Gasteiger charge is -2.37. The van der Waals surface area contributed by atoms with Gasteiger partial charge < -0.3 is 9.84 Å². The van der Waals surface area contributed by atoms with Crippen LogP contribution >= 0.6 is 0 Å². The maximum atomic E-state index is 11.5. The number of ether oxygens (including phenoxy) is 1. The van der Waals surface area contributed by atoms with Crippen molar-refractivity contribution >= 4 is 5.97 Å². The number of esters is 1. The predicted molar refractivity (Wildman–Crippen MR) is 65.3 cm³/mol. The Labute approximate surface area is 103 Å². The highest BCUT2D eigenvalue weighted by Crippen LogP contribution is 2.28. The van der Waals surface area contributed by atoms with E-state index in [9.17, 15) is 9.90 Å². The summed E-state index contributed by atoms with van der Waals surface area (Å²) in [6.07, 6.45) is 8.68. The van der Waals surface area contributed by atoms with Crippen molar-refractivity contribution in [3.05, 3.63) is 0 Å². The fourth-order valence-corrected chi connectivity index (χ4v) is 2.19. The highest BCUT2D eigenvalue weighted by molar-refractivity contribution is 5.75. The van der Waals surface area contributed by atoms with Crippen molar-refractivity contribution in [2.45, 2.75) is 57.2 Å². The van der Waals surface area contributed by atoms with Crippen molar-refractivity contribution < 1.29 is 14.6 Å².